The fourth-order valence-corrected chi connectivity index (χ4v) is 4.00. The molecule has 1 amide bonds. The van der Waals surface area contributed by atoms with Gasteiger partial charge in [-0.25, -0.2) is 0 Å². The Morgan fingerprint density at radius 3 is 3.00 bits per heavy atom. The number of hydrogen-bond acceptors (Lipinski definition) is 4. The average Bonchev–Trinajstić information content (AvgIpc) is 3.09. The summed E-state index contributed by atoms with van der Waals surface area (Å²) in [6.45, 7) is 2.72. The normalized spacial score (nSPS) is 19.6. The van der Waals surface area contributed by atoms with E-state index in [9.17, 15) is 4.79 Å². The summed E-state index contributed by atoms with van der Waals surface area (Å²) in [5.74, 6) is 3.82. The predicted molar refractivity (Wildman–Crippen MR) is 78.9 cm³/mol. The van der Waals surface area contributed by atoms with Gasteiger partial charge in [-0.1, -0.05) is 6.07 Å². The van der Waals surface area contributed by atoms with Gasteiger partial charge in [-0.05, 0) is 30.5 Å². The largest absolute Gasteiger partial charge is 0.464 e. The molecular formula is C14H15NO2S2. The van der Waals surface area contributed by atoms with Crippen molar-refractivity contribution < 1.29 is 9.21 Å². The van der Waals surface area contributed by atoms with Gasteiger partial charge in [-0.2, -0.15) is 11.8 Å². The quantitative estimate of drug-likeness (QED) is 0.848. The smallest absolute Gasteiger partial charge is 0.264 e. The van der Waals surface area contributed by atoms with Crippen molar-refractivity contribution in [1.29, 1.82) is 0 Å². The van der Waals surface area contributed by atoms with Crippen LogP contribution in [0.4, 0.5) is 0 Å². The van der Waals surface area contributed by atoms with Crippen LogP contribution in [0.1, 0.15) is 27.2 Å². The predicted octanol–water partition coefficient (Wildman–Crippen LogP) is 3.58. The van der Waals surface area contributed by atoms with E-state index in [1.54, 1.807) is 0 Å². The first-order valence-corrected chi connectivity index (χ1v) is 8.27. The number of amides is 1. The van der Waals surface area contributed by atoms with Crippen LogP contribution in [0.2, 0.25) is 0 Å². The molecule has 2 aromatic heterocycles. The van der Waals surface area contributed by atoms with Gasteiger partial charge in [-0.3, -0.25) is 4.79 Å². The van der Waals surface area contributed by atoms with Gasteiger partial charge in [0.05, 0.1) is 10.9 Å². The van der Waals surface area contributed by atoms with E-state index < -0.39 is 0 Å². The van der Waals surface area contributed by atoms with Crippen LogP contribution in [0.3, 0.4) is 0 Å². The molecule has 0 spiro atoms. The van der Waals surface area contributed by atoms with E-state index in [4.69, 9.17) is 4.42 Å². The summed E-state index contributed by atoms with van der Waals surface area (Å²) >= 11 is 3.37. The third-order valence-electron chi connectivity index (χ3n) is 3.21. The molecule has 1 unspecified atom stereocenters. The van der Waals surface area contributed by atoms with Crippen LogP contribution in [0, 0.1) is 6.92 Å². The molecule has 0 bridgehead atoms. The second-order valence-electron chi connectivity index (χ2n) is 4.51. The lowest BCUT2D eigenvalue weighted by molar-refractivity contribution is 0.0686. The van der Waals surface area contributed by atoms with E-state index in [0.29, 0.717) is 0 Å². The lowest BCUT2D eigenvalue weighted by Crippen LogP contribution is -2.40. The van der Waals surface area contributed by atoms with Crippen LogP contribution in [0.25, 0.3) is 0 Å². The van der Waals surface area contributed by atoms with E-state index in [-0.39, 0.29) is 11.9 Å². The maximum atomic E-state index is 12.5. The van der Waals surface area contributed by atoms with Gasteiger partial charge < -0.3 is 9.32 Å². The zero-order chi connectivity index (χ0) is 13.2. The number of nitrogens with zero attached hydrogens (tertiary/aromatic N) is 1. The van der Waals surface area contributed by atoms with Gasteiger partial charge in [0, 0.05) is 18.1 Å². The molecule has 1 fully saturated rings. The van der Waals surface area contributed by atoms with Crippen molar-refractivity contribution in [2.24, 2.45) is 0 Å². The Morgan fingerprint density at radius 2 is 2.32 bits per heavy atom. The molecule has 3 heterocycles. The highest BCUT2D eigenvalue weighted by molar-refractivity contribution is 7.99. The number of thioether (sulfide) groups is 1. The molecule has 0 aliphatic carbocycles. The number of carbonyl (C=O) groups excluding carboxylic acids is 1. The molecule has 2 aromatic rings. The van der Waals surface area contributed by atoms with Gasteiger partial charge in [-0.15, -0.1) is 11.3 Å². The van der Waals surface area contributed by atoms with Crippen LogP contribution >= 0.6 is 23.1 Å². The number of carbonyl (C=O) groups is 1. The number of rotatable bonds is 2. The molecule has 0 radical (unpaired) electrons. The maximum Gasteiger partial charge on any atom is 0.264 e. The minimum absolute atomic E-state index is 0.0575. The monoisotopic (exact) mass is 293 g/mol. The van der Waals surface area contributed by atoms with Crippen LogP contribution in [-0.4, -0.2) is 28.9 Å². The Labute approximate surface area is 120 Å². The topological polar surface area (TPSA) is 33.5 Å². The minimum atomic E-state index is 0.0575. The van der Waals surface area contributed by atoms with E-state index in [2.05, 4.69) is 0 Å². The molecule has 3 nitrogen and oxygen atoms in total. The zero-order valence-corrected chi connectivity index (χ0v) is 12.3. The van der Waals surface area contributed by atoms with Gasteiger partial charge in [0.2, 0.25) is 0 Å². The summed E-state index contributed by atoms with van der Waals surface area (Å²) in [5, 5.41) is 1.94. The molecule has 1 aliphatic rings. The lowest BCUT2D eigenvalue weighted by atomic mass is 10.2. The standard InChI is InChI=1S/C14H15NO2S2/c1-10-4-5-12(17-10)11-9-18-8-6-15(11)14(16)13-3-2-7-19-13/h2-5,7,11H,6,8-9H2,1H3. The molecule has 0 N–H and O–H groups in total. The van der Waals surface area contributed by atoms with Crippen molar-refractivity contribution in [3.8, 4) is 0 Å². The fourth-order valence-electron chi connectivity index (χ4n) is 2.26. The summed E-state index contributed by atoms with van der Waals surface area (Å²) in [5.41, 5.74) is 0. The summed E-state index contributed by atoms with van der Waals surface area (Å²) in [6, 6.07) is 7.81. The Morgan fingerprint density at radius 1 is 1.42 bits per heavy atom. The van der Waals surface area contributed by atoms with Crippen molar-refractivity contribution in [1.82, 2.24) is 4.90 Å². The maximum absolute atomic E-state index is 12.5. The molecule has 1 saturated heterocycles. The number of aryl methyl sites for hydroxylation is 1. The second-order valence-corrected chi connectivity index (χ2v) is 6.61. The fraction of sp³-hybridized carbons (Fsp3) is 0.357. The van der Waals surface area contributed by atoms with Crippen molar-refractivity contribution in [2.45, 2.75) is 13.0 Å². The molecule has 1 atom stereocenters. The van der Waals surface area contributed by atoms with Gasteiger partial charge in [0.1, 0.15) is 11.5 Å². The van der Waals surface area contributed by atoms with E-state index >= 15 is 0 Å². The molecular weight excluding hydrogens is 278 g/mol. The Bertz CT molecular complexity index is 562. The van der Waals surface area contributed by atoms with Crippen LogP contribution in [0.15, 0.2) is 34.1 Å². The number of thiophene rings is 1. The Balaban J connectivity index is 1.87. The highest BCUT2D eigenvalue weighted by atomic mass is 32.2. The molecule has 0 saturated carbocycles. The Kier molecular flexibility index (Phi) is 3.66. The second kappa shape index (κ2) is 5.43. The van der Waals surface area contributed by atoms with Crippen molar-refractivity contribution in [2.75, 3.05) is 18.1 Å². The molecule has 3 rings (SSSR count). The minimum Gasteiger partial charge on any atom is -0.464 e. The van der Waals surface area contributed by atoms with Crippen molar-refractivity contribution in [3.05, 3.63) is 46.0 Å². The van der Waals surface area contributed by atoms with E-state index in [1.165, 1.54) is 11.3 Å². The summed E-state index contributed by atoms with van der Waals surface area (Å²) in [4.78, 5) is 15.3. The first kappa shape index (κ1) is 12.8. The SMILES string of the molecule is Cc1ccc(C2CSCCN2C(=O)c2cccs2)o1. The van der Waals surface area contributed by atoms with Crippen LogP contribution < -0.4 is 0 Å². The number of furan rings is 1. The molecule has 5 heteroatoms. The first-order chi connectivity index (χ1) is 9.25. The van der Waals surface area contributed by atoms with E-state index in [1.807, 2.05) is 53.2 Å². The molecule has 19 heavy (non-hydrogen) atoms. The highest BCUT2D eigenvalue weighted by Crippen LogP contribution is 2.32. The molecule has 1 aliphatic heterocycles. The Hall–Kier alpha value is -1.20. The van der Waals surface area contributed by atoms with Crippen LogP contribution in [0.5, 0.6) is 0 Å². The third-order valence-corrected chi connectivity index (χ3v) is 5.09. The summed E-state index contributed by atoms with van der Waals surface area (Å²) in [6.07, 6.45) is 0. The van der Waals surface area contributed by atoms with Crippen LogP contribution in [-0.2, 0) is 0 Å². The average molecular weight is 293 g/mol. The van der Waals surface area contributed by atoms with Crippen molar-refractivity contribution in [3.63, 3.8) is 0 Å². The third kappa shape index (κ3) is 2.58. The van der Waals surface area contributed by atoms with Gasteiger partial charge >= 0.3 is 0 Å². The highest BCUT2D eigenvalue weighted by Gasteiger charge is 2.31. The van der Waals surface area contributed by atoms with Crippen molar-refractivity contribution >= 4 is 29.0 Å². The summed E-state index contributed by atoms with van der Waals surface area (Å²) < 4.78 is 5.72. The first-order valence-electron chi connectivity index (χ1n) is 6.24. The zero-order valence-electron chi connectivity index (χ0n) is 10.7. The van der Waals surface area contributed by atoms with E-state index in [0.717, 1.165) is 34.4 Å². The summed E-state index contributed by atoms with van der Waals surface area (Å²) in [7, 11) is 0. The number of hydrogen-bond donors (Lipinski definition) is 0. The molecule has 0 aromatic carbocycles. The van der Waals surface area contributed by atoms with Gasteiger partial charge in [0.25, 0.3) is 5.91 Å². The molecule has 100 valence electrons. The lowest BCUT2D eigenvalue weighted by Gasteiger charge is -2.33. The van der Waals surface area contributed by atoms with Gasteiger partial charge in [0.15, 0.2) is 0 Å².